The summed E-state index contributed by atoms with van der Waals surface area (Å²) in [5, 5.41) is 0.681. The first-order valence-electron chi connectivity index (χ1n) is 4.85. The highest BCUT2D eigenvalue weighted by molar-refractivity contribution is 7.92. The first kappa shape index (κ1) is 14.9. The molecule has 1 aromatic rings. The number of hydrogen-bond acceptors (Lipinski definition) is 2. The highest BCUT2D eigenvalue weighted by Gasteiger charge is 2.15. The highest BCUT2D eigenvalue weighted by Crippen LogP contribution is 2.25. The summed E-state index contributed by atoms with van der Waals surface area (Å²) in [7, 11) is -3.41. The molecular formula is C10H12Cl3NO2S. The molecule has 96 valence electrons. The van der Waals surface area contributed by atoms with Gasteiger partial charge in [0, 0.05) is 5.88 Å². The van der Waals surface area contributed by atoms with Crippen molar-refractivity contribution in [3.63, 3.8) is 0 Å². The van der Waals surface area contributed by atoms with Gasteiger partial charge in [-0.3, -0.25) is 4.72 Å². The minimum absolute atomic E-state index is 0.0310. The van der Waals surface area contributed by atoms with Crippen LogP contribution in [0.25, 0.3) is 0 Å². The summed E-state index contributed by atoms with van der Waals surface area (Å²) < 4.78 is 25.9. The Bertz CT molecular complexity index is 490. The standard InChI is InChI=1S/C10H12Cl3NO2S/c1-7(5-11)6-17(15,16)14-8-2-3-9(12)10(13)4-8/h2-4,7,14H,5-6H2,1H3. The molecule has 0 fully saturated rings. The predicted molar refractivity (Wildman–Crippen MR) is 73.8 cm³/mol. The van der Waals surface area contributed by atoms with Gasteiger partial charge in [-0.2, -0.15) is 0 Å². The molecule has 0 saturated carbocycles. The zero-order valence-electron chi connectivity index (χ0n) is 9.08. The molecule has 0 aliphatic rings. The third-order valence-electron chi connectivity index (χ3n) is 1.96. The van der Waals surface area contributed by atoms with Gasteiger partial charge in [-0.15, -0.1) is 11.6 Å². The Morgan fingerprint density at radius 1 is 1.29 bits per heavy atom. The maximum Gasteiger partial charge on any atom is 0.233 e. The predicted octanol–water partition coefficient (Wildman–Crippen LogP) is 3.61. The molecule has 1 atom stereocenters. The number of rotatable bonds is 5. The topological polar surface area (TPSA) is 46.2 Å². The molecule has 0 aliphatic heterocycles. The summed E-state index contributed by atoms with van der Waals surface area (Å²) >= 11 is 17.1. The van der Waals surface area contributed by atoms with Crippen molar-refractivity contribution in [1.29, 1.82) is 0 Å². The molecule has 0 amide bonds. The smallest absolute Gasteiger partial charge is 0.233 e. The normalized spacial score (nSPS) is 13.4. The van der Waals surface area contributed by atoms with Gasteiger partial charge in [-0.25, -0.2) is 8.42 Å². The van der Waals surface area contributed by atoms with E-state index in [4.69, 9.17) is 34.8 Å². The van der Waals surface area contributed by atoms with E-state index in [-0.39, 0.29) is 11.7 Å². The number of nitrogens with one attached hydrogen (secondary N) is 1. The molecule has 1 N–H and O–H groups in total. The largest absolute Gasteiger partial charge is 0.283 e. The molecule has 0 spiro atoms. The molecule has 0 bridgehead atoms. The third-order valence-corrected chi connectivity index (χ3v) is 4.78. The number of sulfonamides is 1. The minimum atomic E-state index is -3.41. The van der Waals surface area contributed by atoms with Crippen molar-refractivity contribution in [3.8, 4) is 0 Å². The van der Waals surface area contributed by atoms with Crippen LogP contribution in [0.4, 0.5) is 5.69 Å². The zero-order valence-corrected chi connectivity index (χ0v) is 12.2. The van der Waals surface area contributed by atoms with Crippen LogP contribution in [0.1, 0.15) is 6.92 Å². The van der Waals surface area contributed by atoms with E-state index in [2.05, 4.69) is 4.72 Å². The van der Waals surface area contributed by atoms with E-state index in [1.807, 2.05) is 0 Å². The second kappa shape index (κ2) is 6.14. The second-order valence-corrected chi connectivity index (χ2v) is 6.66. The van der Waals surface area contributed by atoms with Crippen LogP contribution in [0.15, 0.2) is 18.2 Å². The Labute approximate surface area is 116 Å². The van der Waals surface area contributed by atoms with Crippen LogP contribution >= 0.6 is 34.8 Å². The maximum atomic E-state index is 11.7. The van der Waals surface area contributed by atoms with Crippen LogP contribution in [-0.2, 0) is 10.0 Å². The summed E-state index contributed by atoms with van der Waals surface area (Å²) in [6, 6.07) is 4.55. The van der Waals surface area contributed by atoms with Crippen molar-refractivity contribution >= 4 is 50.5 Å². The summed E-state index contributed by atoms with van der Waals surface area (Å²) in [4.78, 5) is 0. The lowest BCUT2D eigenvalue weighted by Crippen LogP contribution is -2.22. The summed E-state index contributed by atoms with van der Waals surface area (Å²) in [5.41, 5.74) is 0.390. The third kappa shape index (κ3) is 4.92. The van der Waals surface area contributed by atoms with E-state index in [0.29, 0.717) is 21.6 Å². The van der Waals surface area contributed by atoms with Gasteiger partial charge in [-0.05, 0) is 24.1 Å². The fourth-order valence-corrected chi connectivity index (χ4v) is 3.17. The number of hydrogen-bond donors (Lipinski definition) is 1. The first-order valence-corrected chi connectivity index (χ1v) is 7.80. The molecule has 1 rings (SSSR count). The maximum absolute atomic E-state index is 11.7. The summed E-state index contributed by atoms with van der Waals surface area (Å²) in [6.07, 6.45) is 0. The molecule has 0 heterocycles. The van der Waals surface area contributed by atoms with Gasteiger partial charge < -0.3 is 0 Å². The van der Waals surface area contributed by atoms with Gasteiger partial charge in [0.15, 0.2) is 0 Å². The van der Waals surface area contributed by atoms with Gasteiger partial charge in [0.1, 0.15) is 0 Å². The van der Waals surface area contributed by atoms with Crippen LogP contribution < -0.4 is 4.72 Å². The first-order chi connectivity index (χ1) is 7.84. The van der Waals surface area contributed by atoms with Crippen molar-refractivity contribution in [1.82, 2.24) is 0 Å². The van der Waals surface area contributed by atoms with E-state index in [1.54, 1.807) is 13.0 Å². The van der Waals surface area contributed by atoms with Crippen molar-refractivity contribution in [2.45, 2.75) is 6.92 Å². The van der Waals surface area contributed by atoms with Gasteiger partial charge in [0.2, 0.25) is 10.0 Å². The molecular weight excluding hydrogens is 305 g/mol. The summed E-state index contributed by atoms with van der Waals surface area (Å²) in [6.45, 7) is 1.76. The Morgan fingerprint density at radius 2 is 1.94 bits per heavy atom. The average Bonchev–Trinajstić information content (AvgIpc) is 2.22. The van der Waals surface area contributed by atoms with E-state index >= 15 is 0 Å². The zero-order chi connectivity index (χ0) is 13.1. The molecule has 1 aromatic carbocycles. The Kier molecular flexibility index (Phi) is 5.38. The fraction of sp³-hybridized carbons (Fsp3) is 0.400. The van der Waals surface area contributed by atoms with Gasteiger partial charge in [-0.1, -0.05) is 30.1 Å². The van der Waals surface area contributed by atoms with Crippen molar-refractivity contribution in [3.05, 3.63) is 28.2 Å². The average molecular weight is 317 g/mol. The van der Waals surface area contributed by atoms with Crippen LogP contribution in [0.2, 0.25) is 10.0 Å². The molecule has 0 radical (unpaired) electrons. The molecule has 0 aromatic heterocycles. The van der Waals surface area contributed by atoms with E-state index < -0.39 is 10.0 Å². The van der Waals surface area contributed by atoms with E-state index in [1.165, 1.54) is 12.1 Å². The SMILES string of the molecule is CC(CCl)CS(=O)(=O)Nc1ccc(Cl)c(Cl)c1. The molecule has 0 aliphatic carbocycles. The van der Waals surface area contributed by atoms with Gasteiger partial charge >= 0.3 is 0 Å². The van der Waals surface area contributed by atoms with Crippen LogP contribution in [0.3, 0.4) is 0 Å². The Balaban J connectivity index is 2.80. The number of anilines is 1. The molecule has 1 unspecified atom stereocenters. The molecule has 7 heteroatoms. The molecule has 3 nitrogen and oxygen atoms in total. The second-order valence-electron chi connectivity index (χ2n) is 3.77. The van der Waals surface area contributed by atoms with Gasteiger partial charge in [0.25, 0.3) is 0 Å². The number of benzene rings is 1. The lowest BCUT2D eigenvalue weighted by Gasteiger charge is -2.11. The van der Waals surface area contributed by atoms with Crippen LogP contribution in [0.5, 0.6) is 0 Å². The van der Waals surface area contributed by atoms with E-state index in [9.17, 15) is 8.42 Å². The number of alkyl halides is 1. The fourth-order valence-electron chi connectivity index (χ4n) is 1.20. The molecule has 0 saturated heterocycles. The quantitative estimate of drug-likeness (QED) is 0.844. The van der Waals surface area contributed by atoms with Crippen molar-refractivity contribution in [2.75, 3.05) is 16.4 Å². The van der Waals surface area contributed by atoms with E-state index in [0.717, 1.165) is 0 Å². The van der Waals surface area contributed by atoms with Crippen molar-refractivity contribution < 1.29 is 8.42 Å². The van der Waals surface area contributed by atoms with Gasteiger partial charge in [0.05, 0.1) is 21.5 Å². The van der Waals surface area contributed by atoms with Crippen LogP contribution in [-0.4, -0.2) is 20.1 Å². The lowest BCUT2D eigenvalue weighted by molar-refractivity contribution is 0.588. The highest BCUT2D eigenvalue weighted by atomic mass is 35.5. The van der Waals surface area contributed by atoms with Crippen molar-refractivity contribution in [2.24, 2.45) is 5.92 Å². The molecule has 17 heavy (non-hydrogen) atoms. The Hall–Kier alpha value is -0.160. The summed E-state index contributed by atoms with van der Waals surface area (Å²) in [5.74, 6) is 0.149. The Morgan fingerprint density at radius 3 is 2.47 bits per heavy atom. The minimum Gasteiger partial charge on any atom is -0.283 e. The lowest BCUT2D eigenvalue weighted by atomic mass is 10.3. The number of halogens is 3. The van der Waals surface area contributed by atoms with Crippen LogP contribution in [0, 0.1) is 5.92 Å². The monoisotopic (exact) mass is 315 g/mol.